The van der Waals surface area contributed by atoms with Gasteiger partial charge in [0.1, 0.15) is 11.5 Å². The van der Waals surface area contributed by atoms with E-state index in [2.05, 4.69) is 9.72 Å². The zero-order chi connectivity index (χ0) is 11.0. The number of halogens is 2. The van der Waals surface area contributed by atoms with Crippen molar-refractivity contribution in [2.24, 2.45) is 0 Å². The molecule has 0 fully saturated rings. The maximum Gasteiger partial charge on any atom is 0.354 e. The van der Waals surface area contributed by atoms with Crippen LogP contribution >= 0.6 is 11.6 Å². The van der Waals surface area contributed by atoms with E-state index in [1.807, 2.05) is 0 Å². The van der Waals surface area contributed by atoms with E-state index in [1.54, 1.807) is 0 Å². The van der Waals surface area contributed by atoms with Gasteiger partial charge in [0.25, 0.3) is 0 Å². The lowest BCUT2D eigenvalue weighted by atomic mass is 10.2. The molecule has 15 heavy (non-hydrogen) atoms. The summed E-state index contributed by atoms with van der Waals surface area (Å²) in [5.41, 5.74) is 0.723. The molecule has 1 heterocycles. The highest BCUT2D eigenvalue weighted by Crippen LogP contribution is 2.25. The van der Waals surface area contributed by atoms with Gasteiger partial charge >= 0.3 is 5.97 Å². The fourth-order valence-corrected chi connectivity index (χ4v) is 1.64. The largest absolute Gasteiger partial charge is 0.464 e. The van der Waals surface area contributed by atoms with E-state index in [4.69, 9.17) is 11.6 Å². The number of hydrogen-bond donors (Lipinski definition) is 1. The number of H-pyrrole nitrogens is 1. The summed E-state index contributed by atoms with van der Waals surface area (Å²) in [7, 11) is 1.27. The number of carbonyl (C=O) groups is 1. The molecule has 0 saturated carbocycles. The molecule has 1 aromatic heterocycles. The van der Waals surface area contributed by atoms with Crippen LogP contribution in [0.25, 0.3) is 10.9 Å². The Kier molecular flexibility index (Phi) is 2.36. The number of aromatic nitrogens is 1. The van der Waals surface area contributed by atoms with E-state index in [1.165, 1.54) is 25.3 Å². The average molecular weight is 228 g/mol. The van der Waals surface area contributed by atoms with Crippen LogP contribution in [0.3, 0.4) is 0 Å². The first-order valence-electron chi connectivity index (χ1n) is 4.18. The lowest BCUT2D eigenvalue weighted by Gasteiger charge is -1.93. The van der Waals surface area contributed by atoms with E-state index < -0.39 is 11.8 Å². The zero-order valence-corrected chi connectivity index (χ0v) is 8.56. The Labute approximate surface area is 89.8 Å². The maximum absolute atomic E-state index is 13.0. The molecule has 0 radical (unpaired) electrons. The van der Waals surface area contributed by atoms with Gasteiger partial charge in [-0.05, 0) is 18.2 Å². The molecular formula is C10H7ClFNO2. The van der Waals surface area contributed by atoms with Gasteiger partial charge in [0.2, 0.25) is 0 Å². The average Bonchev–Trinajstić information content (AvgIpc) is 2.60. The summed E-state index contributed by atoms with van der Waals surface area (Å²) in [4.78, 5) is 13.9. The van der Waals surface area contributed by atoms with Gasteiger partial charge in [-0.3, -0.25) is 0 Å². The summed E-state index contributed by atoms with van der Waals surface area (Å²) < 4.78 is 17.5. The summed E-state index contributed by atoms with van der Waals surface area (Å²) in [5.74, 6) is -0.964. The molecule has 2 rings (SSSR count). The quantitative estimate of drug-likeness (QED) is 0.762. The molecule has 0 unspecified atom stereocenters. The number of fused-ring (bicyclic) bond motifs is 1. The summed E-state index contributed by atoms with van der Waals surface area (Å²) >= 11 is 5.81. The smallest absolute Gasteiger partial charge is 0.354 e. The molecule has 0 aliphatic heterocycles. The lowest BCUT2D eigenvalue weighted by Crippen LogP contribution is -2.00. The summed E-state index contributed by atoms with van der Waals surface area (Å²) in [6.45, 7) is 0. The SMILES string of the molecule is COC(=O)c1cc2c(Cl)cc(F)cc2[nH]1. The van der Waals surface area contributed by atoms with Crippen molar-refractivity contribution in [3.05, 3.63) is 34.7 Å². The van der Waals surface area contributed by atoms with Crippen molar-refractivity contribution in [1.82, 2.24) is 4.98 Å². The van der Waals surface area contributed by atoms with Crippen molar-refractivity contribution in [2.75, 3.05) is 7.11 Å². The Morgan fingerprint density at radius 2 is 2.20 bits per heavy atom. The Morgan fingerprint density at radius 1 is 1.47 bits per heavy atom. The molecule has 1 N–H and O–H groups in total. The molecule has 2 aromatic rings. The first kappa shape index (κ1) is 9.98. The van der Waals surface area contributed by atoms with Gasteiger partial charge in [0.15, 0.2) is 0 Å². The topological polar surface area (TPSA) is 42.1 Å². The summed E-state index contributed by atoms with van der Waals surface area (Å²) in [6.07, 6.45) is 0. The van der Waals surface area contributed by atoms with Crippen LogP contribution in [0.5, 0.6) is 0 Å². The molecule has 3 nitrogen and oxygen atoms in total. The van der Waals surface area contributed by atoms with Gasteiger partial charge in [0, 0.05) is 5.39 Å². The van der Waals surface area contributed by atoms with Gasteiger partial charge in [-0.2, -0.15) is 0 Å². The van der Waals surface area contributed by atoms with Crippen LogP contribution in [-0.2, 0) is 4.74 Å². The van der Waals surface area contributed by atoms with Crippen LogP contribution in [0.4, 0.5) is 4.39 Å². The van der Waals surface area contributed by atoms with E-state index in [-0.39, 0.29) is 10.7 Å². The van der Waals surface area contributed by atoms with Gasteiger partial charge in [-0.1, -0.05) is 11.6 Å². The highest BCUT2D eigenvalue weighted by atomic mass is 35.5. The Morgan fingerprint density at radius 3 is 2.87 bits per heavy atom. The second-order valence-corrected chi connectivity index (χ2v) is 3.43. The molecule has 0 atom stereocenters. The Balaban J connectivity index is 2.65. The van der Waals surface area contributed by atoms with E-state index >= 15 is 0 Å². The fourth-order valence-electron chi connectivity index (χ4n) is 1.38. The number of rotatable bonds is 1. The van der Waals surface area contributed by atoms with Crippen LogP contribution in [0, 0.1) is 5.82 Å². The molecule has 78 valence electrons. The number of ether oxygens (including phenoxy) is 1. The highest BCUT2D eigenvalue weighted by molar-refractivity contribution is 6.35. The molecule has 0 aliphatic carbocycles. The molecule has 0 saturated heterocycles. The predicted octanol–water partition coefficient (Wildman–Crippen LogP) is 2.75. The van der Waals surface area contributed by atoms with Crippen LogP contribution in [-0.4, -0.2) is 18.1 Å². The minimum absolute atomic E-state index is 0.250. The highest BCUT2D eigenvalue weighted by Gasteiger charge is 2.12. The molecular weight excluding hydrogens is 221 g/mol. The zero-order valence-electron chi connectivity index (χ0n) is 7.80. The predicted molar refractivity (Wildman–Crippen MR) is 54.6 cm³/mol. The second kappa shape index (κ2) is 3.55. The monoisotopic (exact) mass is 227 g/mol. The van der Waals surface area contributed by atoms with Crippen LogP contribution < -0.4 is 0 Å². The third-order valence-electron chi connectivity index (χ3n) is 2.06. The number of aromatic amines is 1. The molecule has 5 heteroatoms. The molecule has 1 aromatic carbocycles. The molecule has 0 amide bonds. The van der Waals surface area contributed by atoms with E-state index in [0.29, 0.717) is 10.9 Å². The van der Waals surface area contributed by atoms with E-state index in [9.17, 15) is 9.18 Å². The minimum atomic E-state index is -0.511. The first-order valence-corrected chi connectivity index (χ1v) is 4.55. The van der Waals surface area contributed by atoms with Gasteiger partial charge < -0.3 is 9.72 Å². The van der Waals surface area contributed by atoms with Gasteiger partial charge in [0.05, 0.1) is 17.6 Å². The van der Waals surface area contributed by atoms with Crippen molar-refractivity contribution in [2.45, 2.75) is 0 Å². The number of methoxy groups -OCH3 is 1. The van der Waals surface area contributed by atoms with Crippen molar-refractivity contribution >= 4 is 28.5 Å². The van der Waals surface area contributed by atoms with Crippen LogP contribution in [0.15, 0.2) is 18.2 Å². The van der Waals surface area contributed by atoms with Crippen LogP contribution in [0.2, 0.25) is 5.02 Å². The standard InChI is InChI=1S/C10H7ClFNO2/c1-15-10(14)9-4-6-7(11)2-5(12)3-8(6)13-9/h2-4,13H,1H3. The molecule has 0 spiro atoms. The fraction of sp³-hybridized carbons (Fsp3) is 0.100. The van der Waals surface area contributed by atoms with Crippen molar-refractivity contribution in [3.63, 3.8) is 0 Å². The summed E-state index contributed by atoms with van der Waals surface area (Å²) in [5, 5.41) is 0.856. The van der Waals surface area contributed by atoms with Crippen LogP contribution in [0.1, 0.15) is 10.5 Å². The third kappa shape index (κ3) is 1.68. The van der Waals surface area contributed by atoms with Gasteiger partial charge in [-0.15, -0.1) is 0 Å². The summed E-state index contributed by atoms with van der Waals surface area (Å²) in [6, 6.07) is 4.00. The number of hydrogen-bond acceptors (Lipinski definition) is 2. The number of benzene rings is 1. The van der Waals surface area contributed by atoms with Crippen molar-refractivity contribution in [3.8, 4) is 0 Å². The number of esters is 1. The Hall–Kier alpha value is -1.55. The normalized spacial score (nSPS) is 10.6. The van der Waals surface area contributed by atoms with Crippen molar-refractivity contribution < 1.29 is 13.9 Å². The third-order valence-corrected chi connectivity index (χ3v) is 2.37. The lowest BCUT2D eigenvalue weighted by molar-refractivity contribution is 0.0595. The molecule has 0 aliphatic rings. The number of nitrogens with one attached hydrogen (secondary N) is 1. The second-order valence-electron chi connectivity index (χ2n) is 3.02. The first-order chi connectivity index (χ1) is 7.11. The maximum atomic E-state index is 13.0. The number of carbonyl (C=O) groups excluding carboxylic acids is 1. The van der Waals surface area contributed by atoms with Crippen molar-refractivity contribution in [1.29, 1.82) is 0 Å². The molecule has 0 bridgehead atoms. The van der Waals surface area contributed by atoms with E-state index in [0.717, 1.165) is 0 Å². The Bertz CT molecular complexity index is 535. The minimum Gasteiger partial charge on any atom is -0.464 e. The van der Waals surface area contributed by atoms with Gasteiger partial charge in [-0.25, -0.2) is 9.18 Å².